The molecular weight excluding hydrogens is 332 g/mol. The van der Waals surface area contributed by atoms with Gasteiger partial charge in [-0.25, -0.2) is 8.42 Å². The van der Waals surface area contributed by atoms with Gasteiger partial charge < -0.3 is 14.8 Å². The Labute approximate surface area is 143 Å². The number of rotatable bonds is 8. The lowest BCUT2D eigenvalue weighted by molar-refractivity contribution is -0.120. The molecule has 1 unspecified atom stereocenters. The first-order valence-electron chi connectivity index (χ1n) is 7.99. The molecule has 1 fully saturated rings. The van der Waals surface area contributed by atoms with E-state index in [9.17, 15) is 13.2 Å². The van der Waals surface area contributed by atoms with Gasteiger partial charge in [0.05, 0.1) is 24.7 Å². The summed E-state index contributed by atoms with van der Waals surface area (Å²) in [6, 6.07) is 6.68. The zero-order valence-corrected chi connectivity index (χ0v) is 14.8. The minimum Gasteiger partial charge on any atom is -0.494 e. The third-order valence-electron chi connectivity index (χ3n) is 3.66. The third-order valence-corrected chi connectivity index (χ3v) is 4.80. The summed E-state index contributed by atoms with van der Waals surface area (Å²) in [7, 11) is -3.60. The monoisotopic (exact) mass is 356 g/mol. The smallest absolute Gasteiger partial charge is 0.240 e. The SMILES string of the molecule is CCOc1cccc(N(CC(=O)NCC2CCCO2)S(C)(=O)=O)c1. The summed E-state index contributed by atoms with van der Waals surface area (Å²) < 4.78 is 36.1. The molecule has 7 nitrogen and oxygen atoms in total. The highest BCUT2D eigenvalue weighted by Gasteiger charge is 2.22. The van der Waals surface area contributed by atoms with Gasteiger partial charge in [-0.05, 0) is 31.9 Å². The quantitative estimate of drug-likeness (QED) is 0.755. The minimum absolute atomic E-state index is 0.0157. The Morgan fingerprint density at radius 1 is 1.46 bits per heavy atom. The molecule has 8 heteroatoms. The van der Waals surface area contributed by atoms with E-state index in [0.717, 1.165) is 23.4 Å². The van der Waals surface area contributed by atoms with E-state index in [4.69, 9.17) is 9.47 Å². The van der Waals surface area contributed by atoms with Gasteiger partial charge in [-0.2, -0.15) is 0 Å². The van der Waals surface area contributed by atoms with E-state index in [1.807, 2.05) is 6.92 Å². The molecule has 1 N–H and O–H groups in total. The molecule has 1 aliphatic heterocycles. The topological polar surface area (TPSA) is 84.9 Å². The second-order valence-electron chi connectivity index (χ2n) is 5.64. The second kappa shape index (κ2) is 8.34. The maximum atomic E-state index is 12.1. The van der Waals surface area contributed by atoms with Crippen LogP contribution in [0.25, 0.3) is 0 Å². The number of sulfonamides is 1. The van der Waals surface area contributed by atoms with Crippen LogP contribution in [0.4, 0.5) is 5.69 Å². The van der Waals surface area contributed by atoms with Crippen molar-refractivity contribution in [3.8, 4) is 5.75 Å². The van der Waals surface area contributed by atoms with Crippen molar-refractivity contribution < 1.29 is 22.7 Å². The summed E-state index contributed by atoms with van der Waals surface area (Å²) >= 11 is 0. The van der Waals surface area contributed by atoms with Gasteiger partial charge in [0.25, 0.3) is 0 Å². The average molecular weight is 356 g/mol. The molecule has 1 atom stereocenters. The predicted molar refractivity (Wildman–Crippen MR) is 91.8 cm³/mol. The van der Waals surface area contributed by atoms with E-state index in [1.165, 1.54) is 0 Å². The van der Waals surface area contributed by atoms with E-state index in [2.05, 4.69) is 5.32 Å². The second-order valence-corrected chi connectivity index (χ2v) is 7.55. The van der Waals surface area contributed by atoms with Crippen molar-refractivity contribution in [3.05, 3.63) is 24.3 Å². The Morgan fingerprint density at radius 3 is 2.88 bits per heavy atom. The van der Waals surface area contributed by atoms with E-state index >= 15 is 0 Å². The Kier molecular flexibility index (Phi) is 6.44. The highest BCUT2D eigenvalue weighted by Crippen LogP contribution is 2.23. The van der Waals surface area contributed by atoms with Crippen molar-refractivity contribution in [3.63, 3.8) is 0 Å². The molecule has 0 spiro atoms. The lowest BCUT2D eigenvalue weighted by Gasteiger charge is -2.22. The van der Waals surface area contributed by atoms with Gasteiger partial charge >= 0.3 is 0 Å². The fraction of sp³-hybridized carbons (Fsp3) is 0.562. The van der Waals surface area contributed by atoms with Crippen LogP contribution < -0.4 is 14.4 Å². The molecule has 2 rings (SSSR count). The number of carbonyl (C=O) groups is 1. The molecule has 1 amide bonds. The maximum Gasteiger partial charge on any atom is 0.240 e. The highest BCUT2D eigenvalue weighted by molar-refractivity contribution is 7.92. The van der Waals surface area contributed by atoms with E-state index in [-0.39, 0.29) is 18.6 Å². The van der Waals surface area contributed by atoms with Crippen molar-refractivity contribution in [1.82, 2.24) is 5.32 Å². The van der Waals surface area contributed by atoms with Gasteiger partial charge in [-0.1, -0.05) is 6.07 Å². The van der Waals surface area contributed by atoms with Crippen LogP contribution in [0.2, 0.25) is 0 Å². The van der Waals surface area contributed by atoms with Crippen molar-refractivity contribution in [2.24, 2.45) is 0 Å². The van der Waals surface area contributed by atoms with Crippen molar-refractivity contribution in [2.75, 3.05) is 36.9 Å². The van der Waals surface area contributed by atoms with E-state index < -0.39 is 10.0 Å². The molecular formula is C16H24N2O5S. The lowest BCUT2D eigenvalue weighted by atomic mass is 10.2. The molecule has 0 radical (unpaired) electrons. The molecule has 24 heavy (non-hydrogen) atoms. The third kappa shape index (κ3) is 5.38. The number of anilines is 1. The van der Waals surface area contributed by atoms with Crippen molar-refractivity contribution >= 4 is 21.6 Å². The molecule has 1 aromatic rings. The zero-order chi connectivity index (χ0) is 17.6. The Balaban J connectivity index is 2.05. The number of nitrogens with zero attached hydrogens (tertiary/aromatic N) is 1. The first kappa shape index (κ1) is 18.5. The van der Waals surface area contributed by atoms with Gasteiger partial charge in [-0.15, -0.1) is 0 Å². The number of benzene rings is 1. The first-order chi connectivity index (χ1) is 11.4. The molecule has 0 bridgehead atoms. The normalized spacial score (nSPS) is 17.5. The van der Waals surface area contributed by atoms with Crippen molar-refractivity contribution in [1.29, 1.82) is 0 Å². The molecule has 1 aliphatic rings. The minimum atomic E-state index is -3.60. The summed E-state index contributed by atoms with van der Waals surface area (Å²) in [6.45, 7) is 3.15. The number of carbonyl (C=O) groups excluding carboxylic acids is 1. The van der Waals surface area contributed by atoms with Crippen LogP contribution in [0.1, 0.15) is 19.8 Å². The van der Waals surface area contributed by atoms with Crippen LogP contribution >= 0.6 is 0 Å². The summed E-state index contributed by atoms with van der Waals surface area (Å²) in [5.74, 6) is 0.196. The Morgan fingerprint density at radius 2 is 2.25 bits per heavy atom. The summed E-state index contributed by atoms with van der Waals surface area (Å²) in [4.78, 5) is 12.1. The van der Waals surface area contributed by atoms with Crippen LogP contribution in [0, 0.1) is 0 Å². The van der Waals surface area contributed by atoms with E-state index in [1.54, 1.807) is 24.3 Å². The van der Waals surface area contributed by atoms with Gasteiger partial charge in [0.1, 0.15) is 12.3 Å². The van der Waals surface area contributed by atoms with Crippen LogP contribution in [0.5, 0.6) is 5.75 Å². The zero-order valence-electron chi connectivity index (χ0n) is 14.0. The molecule has 0 saturated carbocycles. The lowest BCUT2D eigenvalue weighted by Crippen LogP contribution is -2.42. The maximum absolute atomic E-state index is 12.1. The summed E-state index contributed by atoms with van der Waals surface area (Å²) in [6.07, 6.45) is 2.99. The predicted octanol–water partition coefficient (Wildman–Crippen LogP) is 1.15. The molecule has 1 saturated heterocycles. The summed E-state index contributed by atoms with van der Waals surface area (Å²) in [5.41, 5.74) is 0.399. The Hall–Kier alpha value is -1.80. The van der Waals surface area contributed by atoms with Crippen LogP contribution in [-0.4, -0.2) is 53.0 Å². The average Bonchev–Trinajstić information content (AvgIpc) is 3.03. The number of ether oxygens (including phenoxy) is 2. The van der Waals surface area contributed by atoms with Crippen LogP contribution in [0.3, 0.4) is 0 Å². The number of amides is 1. The van der Waals surface area contributed by atoms with Gasteiger partial charge in [0.2, 0.25) is 15.9 Å². The number of hydrogen-bond acceptors (Lipinski definition) is 5. The number of hydrogen-bond donors (Lipinski definition) is 1. The number of nitrogens with one attached hydrogen (secondary N) is 1. The molecule has 134 valence electrons. The fourth-order valence-corrected chi connectivity index (χ4v) is 3.36. The van der Waals surface area contributed by atoms with Gasteiger partial charge in [0, 0.05) is 19.2 Å². The molecule has 1 aromatic carbocycles. The van der Waals surface area contributed by atoms with Crippen molar-refractivity contribution in [2.45, 2.75) is 25.9 Å². The summed E-state index contributed by atoms with van der Waals surface area (Å²) in [5, 5.41) is 2.74. The Bertz CT molecular complexity index is 656. The van der Waals surface area contributed by atoms with Crippen LogP contribution in [0.15, 0.2) is 24.3 Å². The molecule has 0 aromatic heterocycles. The van der Waals surface area contributed by atoms with E-state index in [0.29, 0.717) is 31.2 Å². The molecule has 0 aliphatic carbocycles. The first-order valence-corrected chi connectivity index (χ1v) is 9.84. The largest absolute Gasteiger partial charge is 0.494 e. The van der Waals surface area contributed by atoms with Gasteiger partial charge in [-0.3, -0.25) is 9.10 Å². The van der Waals surface area contributed by atoms with Gasteiger partial charge in [0.15, 0.2) is 0 Å². The fourth-order valence-electron chi connectivity index (χ4n) is 2.51. The standard InChI is InChI=1S/C16H24N2O5S/c1-3-22-14-7-4-6-13(10-14)18(24(2,20)21)12-16(19)17-11-15-8-5-9-23-15/h4,6-7,10,15H,3,5,8-9,11-12H2,1-2H3,(H,17,19). The molecule has 1 heterocycles. The van der Waals surface area contributed by atoms with Crippen LogP contribution in [-0.2, 0) is 19.6 Å². The highest BCUT2D eigenvalue weighted by atomic mass is 32.2.